The van der Waals surface area contributed by atoms with Crippen molar-refractivity contribution in [2.45, 2.75) is 30.4 Å². The van der Waals surface area contributed by atoms with Crippen molar-refractivity contribution >= 4 is 20.9 Å². The number of rotatable bonds is 6. The number of nitrogens with one attached hydrogen (secondary N) is 1. The lowest BCUT2D eigenvalue weighted by Crippen LogP contribution is -2.38. The molecule has 10 heteroatoms. The topological polar surface area (TPSA) is 97.9 Å². The molecule has 0 radical (unpaired) electrons. The van der Waals surface area contributed by atoms with E-state index in [0.717, 1.165) is 16.8 Å². The minimum Gasteiger partial charge on any atom is -0.486 e. The highest BCUT2D eigenvalue weighted by Crippen LogP contribution is 2.34. The number of halogens is 1. The van der Waals surface area contributed by atoms with Crippen LogP contribution in [0.15, 0.2) is 52.2 Å². The molecule has 3 heterocycles. The third-order valence-electron chi connectivity index (χ3n) is 5.82. The van der Waals surface area contributed by atoms with E-state index in [1.165, 1.54) is 18.2 Å². The molecule has 1 fully saturated rings. The third kappa shape index (κ3) is 4.33. The van der Waals surface area contributed by atoms with Gasteiger partial charge >= 0.3 is 0 Å². The zero-order valence-electron chi connectivity index (χ0n) is 17.8. The minimum absolute atomic E-state index is 0.0231. The van der Waals surface area contributed by atoms with Gasteiger partial charge in [0, 0.05) is 36.7 Å². The Balaban J connectivity index is 1.54. The number of aromatic nitrogens is 1. The molecule has 0 spiro atoms. The summed E-state index contributed by atoms with van der Waals surface area (Å²) in [7, 11) is -4.22. The standard InChI is InChI=1S/C23H23FN2O6S/c24-18-5-1-2-6-22(18)33(28,29)26(14-17-4-3-7-30-17)13-16-10-15-11-20-21(32-9-8-31-20)12-19(15)25-23(16)27/h1-2,5-6,10-12,17H,3-4,7-9,13-14H2,(H,25,27). The molecular weight excluding hydrogens is 451 g/mol. The summed E-state index contributed by atoms with van der Waals surface area (Å²) in [5.41, 5.74) is 0.355. The summed E-state index contributed by atoms with van der Waals surface area (Å²) in [4.78, 5) is 15.2. The highest BCUT2D eigenvalue weighted by molar-refractivity contribution is 7.89. The summed E-state index contributed by atoms with van der Waals surface area (Å²) in [6.07, 6.45) is 1.20. The minimum atomic E-state index is -4.22. The van der Waals surface area contributed by atoms with Crippen molar-refractivity contribution in [3.05, 3.63) is 64.2 Å². The number of ether oxygens (including phenoxy) is 3. The molecule has 1 atom stereocenters. The lowest BCUT2D eigenvalue weighted by Gasteiger charge is -2.25. The molecule has 0 aliphatic carbocycles. The van der Waals surface area contributed by atoms with Crippen LogP contribution in [0.5, 0.6) is 11.5 Å². The summed E-state index contributed by atoms with van der Waals surface area (Å²) in [6.45, 7) is 1.19. The van der Waals surface area contributed by atoms with Crippen LogP contribution < -0.4 is 15.0 Å². The number of H-pyrrole nitrogens is 1. The zero-order chi connectivity index (χ0) is 23.0. The Morgan fingerprint density at radius 3 is 2.55 bits per heavy atom. The average Bonchev–Trinajstić information content (AvgIpc) is 3.31. The van der Waals surface area contributed by atoms with E-state index in [9.17, 15) is 17.6 Å². The first-order valence-electron chi connectivity index (χ1n) is 10.7. The van der Waals surface area contributed by atoms with Crippen LogP contribution in [-0.4, -0.2) is 50.2 Å². The number of aromatic amines is 1. The Bertz CT molecular complexity index is 1350. The first kappa shape index (κ1) is 21.9. The maximum absolute atomic E-state index is 14.4. The fraction of sp³-hybridized carbons (Fsp3) is 0.348. The smallest absolute Gasteiger partial charge is 0.252 e. The second-order valence-corrected chi connectivity index (χ2v) is 9.98. The van der Waals surface area contributed by atoms with Crippen LogP contribution in [0.3, 0.4) is 0 Å². The Morgan fingerprint density at radius 1 is 1.06 bits per heavy atom. The fourth-order valence-electron chi connectivity index (χ4n) is 4.15. The lowest BCUT2D eigenvalue weighted by molar-refractivity contribution is 0.0924. The average molecular weight is 475 g/mol. The molecule has 5 rings (SSSR count). The van der Waals surface area contributed by atoms with E-state index in [1.54, 1.807) is 18.2 Å². The van der Waals surface area contributed by atoms with E-state index in [4.69, 9.17) is 14.2 Å². The first-order valence-corrected chi connectivity index (χ1v) is 12.2. The molecular formula is C23H23FN2O6S. The van der Waals surface area contributed by atoms with Crippen LogP contribution in [0, 0.1) is 5.82 Å². The van der Waals surface area contributed by atoms with Crippen molar-refractivity contribution in [2.75, 3.05) is 26.4 Å². The molecule has 0 bridgehead atoms. The van der Waals surface area contributed by atoms with Crippen LogP contribution in [0.1, 0.15) is 18.4 Å². The molecule has 2 aliphatic rings. The van der Waals surface area contributed by atoms with Gasteiger partial charge in [-0.05, 0) is 37.1 Å². The van der Waals surface area contributed by atoms with Gasteiger partial charge in [-0.2, -0.15) is 4.31 Å². The van der Waals surface area contributed by atoms with E-state index in [-0.39, 0.29) is 24.8 Å². The zero-order valence-corrected chi connectivity index (χ0v) is 18.6. The second-order valence-electron chi connectivity index (χ2n) is 8.07. The second kappa shape index (κ2) is 8.77. The number of hydrogen-bond donors (Lipinski definition) is 1. The number of hydrogen-bond acceptors (Lipinski definition) is 6. The largest absolute Gasteiger partial charge is 0.486 e. The number of pyridine rings is 1. The van der Waals surface area contributed by atoms with Gasteiger partial charge in [0.1, 0.15) is 23.9 Å². The molecule has 2 aliphatic heterocycles. The van der Waals surface area contributed by atoms with Crippen molar-refractivity contribution in [2.24, 2.45) is 0 Å². The maximum atomic E-state index is 14.4. The van der Waals surface area contributed by atoms with Crippen LogP contribution in [0.2, 0.25) is 0 Å². The Labute approximate surface area is 189 Å². The van der Waals surface area contributed by atoms with E-state index in [1.807, 2.05) is 0 Å². The SMILES string of the molecule is O=c1[nH]c2cc3c(cc2cc1CN(CC1CCCO1)S(=O)(=O)c1ccccc1F)OCCO3. The Hall–Kier alpha value is -2.95. The molecule has 0 amide bonds. The Kier molecular flexibility index (Phi) is 5.81. The molecule has 1 aromatic heterocycles. The molecule has 174 valence electrons. The van der Waals surface area contributed by atoms with Crippen LogP contribution in [-0.2, 0) is 21.3 Å². The number of benzene rings is 2. The Morgan fingerprint density at radius 2 is 1.82 bits per heavy atom. The lowest BCUT2D eigenvalue weighted by atomic mass is 10.1. The molecule has 0 saturated carbocycles. The van der Waals surface area contributed by atoms with Gasteiger partial charge in [-0.15, -0.1) is 0 Å². The van der Waals surface area contributed by atoms with Crippen molar-refractivity contribution in [3.8, 4) is 11.5 Å². The molecule has 1 unspecified atom stereocenters. The summed E-state index contributed by atoms with van der Waals surface area (Å²) < 4.78 is 59.1. The van der Waals surface area contributed by atoms with Crippen LogP contribution in [0.4, 0.5) is 4.39 Å². The van der Waals surface area contributed by atoms with Crippen molar-refractivity contribution in [1.82, 2.24) is 9.29 Å². The molecule has 8 nitrogen and oxygen atoms in total. The summed E-state index contributed by atoms with van der Waals surface area (Å²) >= 11 is 0. The quantitative estimate of drug-likeness (QED) is 0.590. The van der Waals surface area contributed by atoms with Gasteiger partial charge < -0.3 is 19.2 Å². The maximum Gasteiger partial charge on any atom is 0.252 e. The highest BCUT2D eigenvalue weighted by Gasteiger charge is 2.31. The number of fused-ring (bicyclic) bond motifs is 2. The van der Waals surface area contributed by atoms with Crippen LogP contribution in [0.25, 0.3) is 10.9 Å². The predicted octanol–water partition coefficient (Wildman–Crippen LogP) is 2.81. The van der Waals surface area contributed by atoms with Gasteiger partial charge in [0.25, 0.3) is 5.56 Å². The van der Waals surface area contributed by atoms with Gasteiger partial charge in [0.2, 0.25) is 10.0 Å². The molecule has 2 aromatic carbocycles. The summed E-state index contributed by atoms with van der Waals surface area (Å²) in [6, 6.07) is 10.3. The summed E-state index contributed by atoms with van der Waals surface area (Å²) in [5.74, 6) is 0.257. The van der Waals surface area contributed by atoms with Gasteiger partial charge in [-0.1, -0.05) is 12.1 Å². The van der Waals surface area contributed by atoms with Crippen molar-refractivity contribution in [1.29, 1.82) is 0 Å². The molecule has 33 heavy (non-hydrogen) atoms. The molecule has 1 saturated heterocycles. The van der Waals surface area contributed by atoms with Gasteiger partial charge in [0.15, 0.2) is 11.5 Å². The third-order valence-corrected chi connectivity index (χ3v) is 7.66. The first-order chi connectivity index (χ1) is 15.9. The normalized spacial score (nSPS) is 18.2. The monoisotopic (exact) mass is 474 g/mol. The van der Waals surface area contributed by atoms with Gasteiger partial charge in [-0.3, -0.25) is 4.79 Å². The fourth-order valence-corrected chi connectivity index (χ4v) is 5.67. The van der Waals surface area contributed by atoms with Gasteiger partial charge in [0.05, 0.1) is 11.6 Å². The van der Waals surface area contributed by atoms with Crippen molar-refractivity contribution < 1.29 is 27.0 Å². The summed E-state index contributed by atoms with van der Waals surface area (Å²) in [5, 5.41) is 0.675. The molecule has 1 N–H and O–H groups in total. The molecule has 3 aromatic rings. The van der Waals surface area contributed by atoms with Gasteiger partial charge in [-0.25, -0.2) is 12.8 Å². The van der Waals surface area contributed by atoms with E-state index >= 15 is 0 Å². The highest BCUT2D eigenvalue weighted by atomic mass is 32.2. The number of nitrogens with zero attached hydrogens (tertiary/aromatic N) is 1. The van der Waals surface area contributed by atoms with E-state index < -0.39 is 26.3 Å². The van der Waals surface area contributed by atoms with Crippen molar-refractivity contribution in [3.63, 3.8) is 0 Å². The predicted molar refractivity (Wildman–Crippen MR) is 119 cm³/mol. The van der Waals surface area contributed by atoms with E-state index in [0.29, 0.717) is 48.6 Å². The van der Waals surface area contributed by atoms with E-state index in [2.05, 4.69) is 4.98 Å². The van der Waals surface area contributed by atoms with Crippen LogP contribution >= 0.6 is 0 Å². The number of sulfonamides is 1.